The van der Waals surface area contributed by atoms with Crippen LogP contribution in [0.25, 0.3) is 0 Å². The quantitative estimate of drug-likeness (QED) is 0.700. The second-order valence-corrected chi connectivity index (χ2v) is 6.48. The second kappa shape index (κ2) is 4.79. The lowest BCUT2D eigenvalue weighted by atomic mass is 10.2. The topological polar surface area (TPSA) is 100 Å². The molecule has 110 valence electrons. The number of rotatable bonds is 2. The number of aryl methyl sites for hydroxylation is 1. The smallest absolute Gasteiger partial charge is 0.291 e. The van der Waals surface area contributed by atoms with E-state index >= 15 is 0 Å². The molecule has 0 saturated carbocycles. The first kappa shape index (κ1) is 13.5. The molecule has 1 atom stereocenters. The lowest BCUT2D eigenvalue weighted by Gasteiger charge is -2.35. The predicted octanol–water partition coefficient (Wildman–Crippen LogP) is -1.73. The van der Waals surface area contributed by atoms with E-state index in [0.29, 0.717) is 38.5 Å². The molecule has 0 bridgehead atoms. The van der Waals surface area contributed by atoms with Gasteiger partial charge in [0.1, 0.15) is 6.33 Å². The van der Waals surface area contributed by atoms with Gasteiger partial charge < -0.3 is 4.90 Å². The Kier molecular flexibility index (Phi) is 3.22. The lowest BCUT2D eigenvalue weighted by molar-refractivity contribution is 0.0630. The van der Waals surface area contributed by atoms with E-state index in [2.05, 4.69) is 14.8 Å². The van der Waals surface area contributed by atoms with Gasteiger partial charge in [-0.1, -0.05) is 0 Å². The molecule has 0 spiro atoms. The van der Waals surface area contributed by atoms with Crippen molar-refractivity contribution in [1.82, 2.24) is 28.7 Å². The van der Waals surface area contributed by atoms with Crippen molar-refractivity contribution in [3.63, 3.8) is 0 Å². The standard InChI is InChI=1S/C10H16N6O3S/c1-2-15-9(11-7-12-15)10(17)14-3-4-16-8(6-14)5-13-20(16,18)19/h7-8,13H,2-6H2,1H3. The van der Waals surface area contributed by atoms with Crippen LogP contribution in [0.1, 0.15) is 17.5 Å². The van der Waals surface area contributed by atoms with E-state index in [9.17, 15) is 13.2 Å². The van der Waals surface area contributed by atoms with Crippen molar-refractivity contribution in [3.8, 4) is 0 Å². The van der Waals surface area contributed by atoms with Crippen molar-refractivity contribution in [2.45, 2.75) is 19.5 Å². The molecule has 9 nitrogen and oxygen atoms in total. The molecule has 2 aliphatic rings. The van der Waals surface area contributed by atoms with Crippen molar-refractivity contribution in [3.05, 3.63) is 12.2 Å². The van der Waals surface area contributed by atoms with Crippen LogP contribution >= 0.6 is 0 Å². The molecular weight excluding hydrogens is 284 g/mol. The number of piperazine rings is 1. The van der Waals surface area contributed by atoms with Gasteiger partial charge in [-0.2, -0.15) is 17.8 Å². The zero-order valence-corrected chi connectivity index (χ0v) is 11.9. The van der Waals surface area contributed by atoms with E-state index in [1.54, 1.807) is 9.58 Å². The van der Waals surface area contributed by atoms with Crippen LogP contribution in [0.2, 0.25) is 0 Å². The molecule has 3 rings (SSSR count). The minimum absolute atomic E-state index is 0.198. The fourth-order valence-corrected chi connectivity index (χ4v) is 4.02. The Balaban J connectivity index is 1.76. The lowest BCUT2D eigenvalue weighted by Crippen LogP contribution is -2.54. The zero-order chi connectivity index (χ0) is 14.3. The summed E-state index contributed by atoms with van der Waals surface area (Å²) >= 11 is 0. The summed E-state index contributed by atoms with van der Waals surface area (Å²) in [5.74, 6) is 0.100. The average Bonchev–Trinajstić information content (AvgIpc) is 3.02. The molecule has 2 aliphatic heterocycles. The number of nitrogens with one attached hydrogen (secondary N) is 1. The molecule has 0 aliphatic carbocycles. The fraction of sp³-hybridized carbons (Fsp3) is 0.700. The van der Waals surface area contributed by atoms with E-state index in [0.717, 1.165) is 0 Å². The van der Waals surface area contributed by atoms with Crippen molar-refractivity contribution in [2.24, 2.45) is 0 Å². The number of carbonyl (C=O) groups excluding carboxylic acids is 1. The van der Waals surface area contributed by atoms with Crippen molar-refractivity contribution in [2.75, 3.05) is 26.2 Å². The molecule has 10 heteroatoms. The summed E-state index contributed by atoms with van der Waals surface area (Å²) in [6.45, 7) is 3.85. The maximum atomic E-state index is 12.4. The van der Waals surface area contributed by atoms with Crippen LogP contribution in [-0.4, -0.2) is 70.5 Å². The Hall–Kier alpha value is -1.52. The van der Waals surface area contributed by atoms with Gasteiger partial charge in [-0.3, -0.25) is 4.79 Å². The molecule has 1 unspecified atom stereocenters. The highest BCUT2D eigenvalue weighted by Gasteiger charge is 2.42. The van der Waals surface area contributed by atoms with Crippen LogP contribution in [0, 0.1) is 0 Å². The van der Waals surface area contributed by atoms with E-state index in [1.807, 2.05) is 6.92 Å². The average molecular weight is 300 g/mol. The highest BCUT2D eigenvalue weighted by Crippen LogP contribution is 2.19. The Morgan fingerprint density at radius 2 is 2.30 bits per heavy atom. The monoisotopic (exact) mass is 300 g/mol. The van der Waals surface area contributed by atoms with Crippen LogP contribution in [0.15, 0.2) is 6.33 Å². The maximum absolute atomic E-state index is 12.4. The van der Waals surface area contributed by atoms with Crippen LogP contribution in [-0.2, 0) is 16.8 Å². The summed E-state index contributed by atoms with van der Waals surface area (Å²) in [7, 11) is -3.35. The van der Waals surface area contributed by atoms with Gasteiger partial charge in [-0.05, 0) is 6.92 Å². The molecule has 0 radical (unpaired) electrons. The zero-order valence-electron chi connectivity index (χ0n) is 11.1. The van der Waals surface area contributed by atoms with E-state index in [1.165, 1.54) is 10.6 Å². The van der Waals surface area contributed by atoms with E-state index < -0.39 is 10.2 Å². The number of amides is 1. The molecule has 2 saturated heterocycles. The number of nitrogens with zero attached hydrogens (tertiary/aromatic N) is 5. The second-order valence-electron chi connectivity index (χ2n) is 4.77. The number of hydrogen-bond donors (Lipinski definition) is 1. The van der Waals surface area contributed by atoms with Gasteiger partial charge in [-0.25, -0.2) is 14.4 Å². The summed E-state index contributed by atoms with van der Waals surface area (Å²) in [4.78, 5) is 18.0. The minimum atomic E-state index is -3.35. The van der Waals surface area contributed by atoms with Gasteiger partial charge in [0, 0.05) is 32.7 Å². The molecule has 2 fully saturated rings. The number of carbonyl (C=O) groups is 1. The molecule has 1 aromatic rings. The van der Waals surface area contributed by atoms with Crippen LogP contribution in [0.5, 0.6) is 0 Å². The summed E-state index contributed by atoms with van der Waals surface area (Å²) < 4.78 is 28.8. The normalized spacial score (nSPS) is 25.6. The van der Waals surface area contributed by atoms with E-state index in [4.69, 9.17) is 0 Å². The fourth-order valence-electron chi connectivity index (χ4n) is 2.59. The molecule has 20 heavy (non-hydrogen) atoms. The highest BCUT2D eigenvalue weighted by atomic mass is 32.2. The third-order valence-electron chi connectivity index (χ3n) is 3.63. The molecule has 0 aromatic carbocycles. The van der Waals surface area contributed by atoms with E-state index in [-0.39, 0.29) is 11.9 Å². The summed E-state index contributed by atoms with van der Waals surface area (Å²) in [5.41, 5.74) is 0. The molecule has 1 aromatic heterocycles. The first-order valence-corrected chi connectivity index (χ1v) is 7.90. The first-order valence-electron chi connectivity index (χ1n) is 6.46. The Labute approximate surface area is 116 Å². The summed E-state index contributed by atoms with van der Waals surface area (Å²) in [6.07, 6.45) is 1.36. The van der Waals surface area contributed by atoms with Gasteiger partial charge in [-0.15, -0.1) is 0 Å². The van der Waals surface area contributed by atoms with Gasteiger partial charge >= 0.3 is 0 Å². The van der Waals surface area contributed by atoms with Gasteiger partial charge in [0.15, 0.2) is 0 Å². The molecule has 3 heterocycles. The number of aromatic nitrogens is 3. The minimum Gasteiger partial charge on any atom is -0.333 e. The summed E-state index contributed by atoms with van der Waals surface area (Å²) in [6, 6.07) is -0.198. The Morgan fingerprint density at radius 3 is 3.05 bits per heavy atom. The van der Waals surface area contributed by atoms with Crippen LogP contribution in [0.4, 0.5) is 0 Å². The Bertz CT molecular complexity index is 627. The van der Waals surface area contributed by atoms with Gasteiger partial charge in [0.2, 0.25) is 5.82 Å². The van der Waals surface area contributed by atoms with Gasteiger partial charge in [0.05, 0.1) is 6.04 Å². The van der Waals surface area contributed by atoms with Crippen molar-refractivity contribution in [1.29, 1.82) is 0 Å². The predicted molar refractivity (Wildman–Crippen MR) is 69.0 cm³/mol. The Morgan fingerprint density at radius 1 is 1.50 bits per heavy atom. The maximum Gasteiger partial charge on any atom is 0.291 e. The summed E-state index contributed by atoms with van der Waals surface area (Å²) in [5, 5.41) is 3.98. The number of fused-ring (bicyclic) bond motifs is 1. The van der Waals surface area contributed by atoms with Crippen LogP contribution < -0.4 is 4.72 Å². The number of hydrogen-bond acceptors (Lipinski definition) is 5. The largest absolute Gasteiger partial charge is 0.333 e. The highest BCUT2D eigenvalue weighted by molar-refractivity contribution is 7.87. The first-order chi connectivity index (χ1) is 9.53. The van der Waals surface area contributed by atoms with Crippen LogP contribution in [0.3, 0.4) is 0 Å². The molecule has 1 amide bonds. The molecular formula is C10H16N6O3S. The molecule has 1 N–H and O–H groups in total. The third-order valence-corrected chi connectivity index (χ3v) is 5.26. The SMILES string of the molecule is CCn1ncnc1C(=O)N1CCN2C(CNS2(=O)=O)C1. The van der Waals surface area contributed by atoms with Gasteiger partial charge in [0.25, 0.3) is 16.1 Å². The van der Waals surface area contributed by atoms with Crippen molar-refractivity contribution < 1.29 is 13.2 Å². The van der Waals surface area contributed by atoms with Crippen molar-refractivity contribution >= 4 is 16.1 Å². The third kappa shape index (κ3) is 2.09.